The molecule has 0 spiro atoms. The fourth-order valence-electron chi connectivity index (χ4n) is 3.13. The minimum Gasteiger partial charge on any atom is -0.493 e. The molecule has 8 nitrogen and oxygen atoms in total. The van der Waals surface area contributed by atoms with Crippen LogP contribution in [0.3, 0.4) is 0 Å². The highest BCUT2D eigenvalue weighted by Crippen LogP contribution is 2.34. The van der Waals surface area contributed by atoms with Crippen molar-refractivity contribution >= 4 is 21.6 Å². The van der Waals surface area contributed by atoms with Gasteiger partial charge in [-0.05, 0) is 43.7 Å². The molecule has 1 heterocycles. The van der Waals surface area contributed by atoms with Crippen LogP contribution in [0.5, 0.6) is 17.2 Å². The van der Waals surface area contributed by atoms with Crippen molar-refractivity contribution in [3.63, 3.8) is 0 Å². The molecule has 1 N–H and O–H groups in total. The molecule has 0 saturated carbocycles. The van der Waals surface area contributed by atoms with Crippen LogP contribution < -0.4 is 23.8 Å². The van der Waals surface area contributed by atoms with E-state index < -0.39 is 22.0 Å². The van der Waals surface area contributed by atoms with Gasteiger partial charge in [0.05, 0.1) is 31.7 Å². The molecule has 9 heteroatoms. The van der Waals surface area contributed by atoms with Crippen molar-refractivity contribution in [3.05, 3.63) is 48.0 Å². The Balaban J connectivity index is 1.71. The van der Waals surface area contributed by atoms with Gasteiger partial charge in [0.25, 0.3) is 5.91 Å². The van der Waals surface area contributed by atoms with E-state index in [1.807, 2.05) is 19.9 Å². The molecule has 1 aliphatic rings. The Bertz CT molecular complexity index is 1020. The number of fused-ring (bicyclic) bond motifs is 1. The summed E-state index contributed by atoms with van der Waals surface area (Å²) < 4.78 is 42.4. The SMILES string of the molecule is COc1cc(CNC(=O)C2CN(S(C)(=O)=O)c3ccccc3O2)ccc1OC(C)C. The highest BCUT2D eigenvalue weighted by Gasteiger charge is 2.34. The molecule has 0 aliphatic carbocycles. The summed E-state index contributed by atoms with van der Waals surface area (Å²) in [5.74, 6) is 1.14. The number of carbonyl (C=O) groups excluding carboxylic acids is 1. The van der Waals surface area contributed by atoms with Gasteiger partial charge in [-0.25, -0.2) is 8.42 Å². The molecule has 0 fully saturated rings. The summed E-state index contributed by atoms with van der Waals surface area (Å²) in [6.45, 7) is 4.00. The molecule has 0 saturated heterocycles. The zero-order valence-electron chi connectivity index (χ0n) is 17.4. The summed E-state index contributed by atoms with van der Waals surface area (Å²) in [5.41, 5.74) is 1.24. The van der Waals surface area contributed by atoms with Gasteiger partial charge in [-0.15, -0.1) is 0 Å². The number of anilines is 1. The maximum Gasteiger partial charge on any atom is 0.263 e. The number of carbonyl (C=O) groups is 1. The minimum absolute atomic E-state index is 0.00794. The number of hydrogen-bond acceptors (Lipinski definition) is 6. The number of sulfonamides is 1. The smallest absolute Gasteiger partial charge is 0.263 e. The average Bonchev–Trinajstić information content (AvgIpc) is 2.70. The first-order valence-corrected chi connectivity index (χ1v) is 11.4. The van der Waals surface area contributed by atoms with Crippen molar-refractivity contribution in [2.24, 2.45) is 0 Å². The second kappa shape index (κ2) is 8.83. The quantitative estimate of drug-likeness (QED) is 0.719. The summed E-state index contributed by atoms with van der Waals surface area (Å²) in [6, 6.07) is 12.2. The van der Waals surface area contributed by atoms with Gasteiger partial charge in [0.2, 0.25) is 10.0 Å². The largest absolute Gasteiger partial charge is 0.493 e. The van der Waals surface area contributed by atoms with Crippen molar-refractivity contribution in [3.8, 4) is 17.2 Å². The van der Waals surface area contributed by atoms with Crippen molar-refractivity contribution in [2.75, 3.05) is 24.2 Å². The second-order valence-corrected chi connectivity index (χ2v) is 9.14. The van der Waals surface area contributed by atoms with E-state index in [4.69, 9.17) is 14.2 Å². The van der Waals surface area contributed by atoms with Crippen LogP contribution in [0.4, 0.5) is 5.69 Å². The maximum atomic E-state index is 12.7. The fraction of sp³-hybridized carbons (Fsp3) is 0.381. The van der Waals surface area contributed by atoms with Gasteiger partial charge in [0.15, 0.2) is 17.6 Å². The lowest BCUT2D eigenvalue weighted by molar-refractivity contribution is -0.127. The number of hydrogen-bond donors (Lipinski definition) is 1. The van der Waals surface area contributed by atoms with Gasteiger partial charge in [-0.1, -0.05) is 18.2 Å². The summed E-state index contributed by atoms with van der Waals surface area (Å²) in [6.07, 6.45) is 0.158. The first-order valence-electron chi connectivity index (χ1n) is 9.53. The molecular formula is C21H26N2O6S. The number of nitrogens with one attached hydrogen (secondary N) is 1. The van der Waals surface area contributed by atoms with Gasteiger partial charge in [-0.3, -0.25) is 9.10 Å². The Kier molecular flexibility index (Phi) is 6.40. The zero-order valence-corrected chi connectivity index (χ0v) is 18.2. The Morgan fingerprint density at radius 1 is 1.23 bits per heavy atom. The second-order valence-electron chi connectivity index (χ2n) is 7.24. The molecule has 1 aliphatic heterocycles. The molecule has 1 atom stereocenters. The highest BCUT2D eigenvalue weighted by molar-refractivity contribution is 7.92. The molecular weight excluding hydrogens is 408 g/mol. The van der Waals surface area contributed by atoms with E-state index in [0.29, 0.717) is 22.9 Å². The molecule has 162 valence electrons. The van der Waals surface area contributed by atoms with Crippen molar-refractivity contribution in [2.45, 2.75) is 32.6 Å². The molecule has 1 unspecified atom stereocenters. The van der Waals surface area contributed by atoms with Crippen molar-refractivity contribution in [1.82, 2.24) is 5.32 Å². The Hall–Kier alpha value is -2.94. The number of methoxy groups -OCH3 is 1. The number of para-hydroxylation sites is 2. The molecule has 3 rings (SSSR count). The van der Waals surface area contributed by atoms with Crippen molar-refractivity contribution < 1.29 is 27.4 Å². The first-order chi connectivity index (χ1) is 14.2. The standard InChI is InChI=1S/C21H26N2O6S/c1-14(2)28-18-10-9-15(11-19(18)27-3)12-22-21(24)20-13-23(30(4,25)26)16-7-5-6-8-17(16)29-20/h5-11,14,20H,12-13H2,1-4H3,(H,22,24). The van der Waals surface area contributed by atoms with Gasteiger partial charge in [0, 0.05) is 6.54 Å². The summed E-state index contributed by atoms with van der Waals surface area (Å²) >= 11 is 0. The van der Waals surface area contributed by atoms with E-state index >= 15 is 0 Å². The van der Waals surface area contributed by atoms with E-state index in [-0.39, 0.29) is 19.2 Å². The van der Waals surface area contributed by atoms with E-state index in [1.54, 1.807) is 43.5 Å². The van der Waals surface area contributed by atoms with E-state index in [0.717, 1.165) is 11.8 Å². The normalized spacial score (nSPS) is 15.9. The van der Waals surface area contributed by atoms with Crippen LogP contribution in [0.2, 0.25) is 0 Å². The average molecular weight is 435 g/mol. The van der Waals surface area contributed by atoms with Crippen LogP contribution in [-0.4, -0.2) is 46.4 Å². The number of amides is 1. The third-order valence-corrected chi connectivity index (χ3v) is 5.63. The number of rotatable bonds is 7. The Morgan fingerprint density at radius 3 is 2.63 bits per heavy atom. The molecule has 0 bridgehead atoms. The summed E-state index contributed by atoms with van der Waals surface area (Å²) in [5, 5.41) is 2.80. The lowest BCUT2D eigenvalue weighted by Gasteiger charge is -2.33. The Labute approximate surface area is 176 Å². The Morgan fingerprint density at radius 2 is 1.97 bits per heavy atom. The zero-order chi connectivity index (χ0) is 21.9. The number of benzene rings is 2. The number of ether oxygens (including phenoxy) is 3. The molecule has 1 amide bonds. The maximum absolute atomic E-state index is 12.7. The van der Waals surface area contributed by atoms with E-state index in [1.165, 1.54) is 4.31 Å². The lowest BCUT2D eigenvalue weighted by Crippen LogP contribution is -2.50. The molecule has 0 radical (unpaired) electrons. The van der Waals surface area contributed by atoms with E-state index in [2.05, 4.69) is 5.32 Å². The minimum atomic E-state index is -3.55. The van der Waals surface area contributed by atoms with Crippen LogP contribution in [0, 0.1) is 0 Å². The molecule has 0 aromatic heterocycles. The first kappa shape index (κ1) is 21.8. The summed E-state index contributed by atoms with van der Waals surface area (Å²) in [7, 11) is -2.00. The topological polar surface area (TPSA) is 94.2 Å². The summed E-state index contributed by atoms with van der Waals surface area (Å²) in [4.78, 5) is 12.7. The monoisotopic (exact) mass is 434 g/mol. The fourth-order valence-corrected chi connectivity index (χ4v) is 4.04. The van der Waals surface area contributed by atoms with Gasteiger partial charge in [0.1, 0.15) is 5.75 Å². The third kappa shape index (κ3) is 4.96. The molecule has 30 heavy (non-hydrogen) atoms. The van der Waals surface area contributed by atoms with E-state index in [9.17, 15) is 13.2 Å². The predicted octanol–water partition coefficient (Wildman–Crippen LogP) is 2.33. The lowest BCUT2D eigenvalue weighted by atomic mass is 10.2. The van der Waals surface area contributed by atoms with Crippen LogP contribution in [0.15, 0.2) is 42.5 Å². The van der Waals surface area contributed by atoms with Crippen LogP contribution in [0.1, 0.15) is 19.4 Å². The van der Waals surface area contributed by atoms with Gasteiger partial charge in [-0.2, -0.15) is 0 Å². The van der Waals surface area contributed by atoms with Crippen LogP contribution >= 0.6 is 0 Å². The third-order valence-electron chi connectivity index (χ3n) is 4.49. The molecule has 2 aromatic carbocycles. The van der Waals surface area contributed by atoms with Crippen molar-refractivity contribution in [1.29, 1.82) is 0 Å². The van der Waals surface area contributed by atoms with Gasteiger partial charge >= 0.3 is 0 Å². The molecule has 2 aromatic rings. The van der Waals surface area contributed by atoms with Crippen LogP contribution in [0.25, 0.3) is 0 Å². The van der Waals surface area contributed by atoms with Crippen LogP contribution in [-0.2, 0) is 21.4 Å². The highest BCUT2D eigenvalue weighted by atomic mass is 32.2. The van der Waals surface area contributed by atoms with Gasteiger partial charge < -0.3 is 19.5 Å². The predicted molar refractivity (Wildman–Crippen MR) is 114 cm³/mol. The number of nitrogens with zero attached hydrogens (tertiary/aromatic N) is 1.